The quantitative estimate of drug-likeness (QED) is 0.804. The molecule has 1 N–H and O–H groups in total. The largest absolute Gasteiger partial charge is 0.424 e. The van der Waals surface area contributed by atoms with Crippen molar-refractivity contribution in [1.82, 2.24) is 20.0 Å². The highest BCUT2D eigenvalue weighted by Gasteiger charge is 2.24. The minimum atomic E-state index is -0.922. The molecule has 2 rings (SSSR count). The molecule has 1 atom stereocenters. The Labute approximate surface area is 112 Å². The molecule has 1 aromatic heterocycles. The molecule has 1 aromatic rings. The number of nitrogens with zero attached hydrogens (tertiary/aromatic N) is 4. The molecule has 1 amide bonds. The van der Waals surface area contributed by atoms with E-state index in [9.17, 15) is 9.90 Å². The van der Waals surface area contributed by atoms with Crippen LogP contribution in [-0.4, -0.2) is 63.3 Å². The Morgan fingerprint density at radius 2 is 1.95 bits per heavy atom. The van der Waals surface area contributed by atoms with Gasteiger partial charge in [0, 0.05) is 32.6 Å². The lowest BCUT2D eigenvalue weighted by molar-refractivity contribution is -0.141. The summed E-state index contributed by atoms with van der Waals surface area (Å²) in [5.74, 6) is 1.07. The van der Waals surface area contributed by atoms with Gasteiger partial charge < -0.3 is 14.4 Å². The third-order valence-corrected chi connectivity index (χ3v) is 3.21. The monoisotopic (exact) mass is 268 g/mol. The van der Waals surface area contributed by atoms with Crippen LogP contribution in [0.4, 0.5) is 0 Å². The summed E-state index contributed by atoms with van der Waals surface area (Å²) in [5, 5.41) is 17.2. The molecule has 106 valence electrons. The average Bonchev–Trinajstić information content (AvgIpc) is 2.86. The average molecular weight is 268 g/mol. The van der Waals surface area contributed by atoms with Gasteiger partial charge in [0.15, 0.2) is 0 Å². The van der Waals surface area contributed by atoms with E-state index >= 15 is 0 Å². The van der Waals surface area contributed by atoms with Crippen LogP contribution in [0.25, 0.3) is 0 Å². The van der Waals surface area contributed by atoms with Crippen LogP contribution in [-0.2, 0) is 17.8 Å². The lowest BCUT2D eigenvalue weighted by atomic mass is 10.2. The molecule has 7 heteroatoms. The maximum absolute atomic E-state index is 11.6. The fraction of sp³-hybridized carbons (Fsp3) is 0.750. The van der Waals surface area contributed by atoms with E-state index in [-0.39, 0.29) is 5.91 Å². The number of hydrogen-bond donors (Lipinski definition) is 1. The van der Waals surface area contributed by atoms with Gasteiger partial charge in [-0.15, -0.1) is 10.2 Å². The van der Waals surface area contributed by atoms with Crippen LogP contribution < -0.4 is 0 Å². The van der Waals surface area contributed by atoms with E-state index < -0.39 is 6.10 Å². The molecule has 0 spiro atoms. The zero-order valence-electron chi connectivity index (χ0n) is 11.4. The number of piperazine rings is 1. The molecule has 1 unspecified atom stereocenters. The van der Waals surface area contributed by atoms with E-state index in [4.69, 9.17) is 4.42 Å². The van der Waals surface area contributed by atoms with Gasteiger partial charge in [0.05, 0.1) is 6.54 Å². The smallest absolute Gasteiger partial charge is 0.251 e. The zero-order chi connectivity index (χ0) is 13.8. The SMILES string of the molecule is CCc1nnc(CN2CCN(C(=O)C(C)O)CC2)o1. The second-order valence-electron chi connectivity index (χ2n) is 4.72. The molecule has 19 heavy (non-hydrogen) atoms. The van der Waals surface area contributed by atoms with Crippen LogP contribution in [0, 0.1) is 0 Å². The van der Waals surface area contributed by atoms with Crippen LogP contribution in [0.2, 0.25) is 0 Å². The Balaban J connectivity index is 1.81. The van der Waals surface area contributed by atoms with E-state index in [1.165, 1.54) is 6.92 Å². The van der Waals surface area contributed by atoms with Crippen LogP contribution >= 0.6 is 0 Å². The zero-order valence-corrected chi connectivity index (χ0v) is 11.4. The van der Waals surface area contributed by atoms with Crippen molar-refractivity contribution in [3.8, 4) is 0 Å². The lowest BCUT2D eigenvalue weighted by Crippen LogP contribution is -2.50. The molecule has 0 aliphatic carbocycles. The fourth-order valence-corrected chi connectivity index (χ4v) is 2.08. The summed E-state index contributed by atoms with van der Waals surface area (Å²) < 4.78 is 5.46. The van der Waals surface area contributed by atoms with Crippen molar-refractivity contribution < 1.29 is 14.3 Å². The highest BCUT2D eigenvalue weighted by molar-refractivity contribution is 5.80. The lowest BCUT2D eigenvalue weighted by Gasteiger charge is -2.34. The normalized spacial score (nSPS) is 18.6. The first-order valence-corrected chi connectivity index (χ1v) is 6.60. The molecule has 0 aromatic carbocycles. The molecule has 0 radical (unpaired) electrons. The first-order chi connectivity index (χ1) is 9.10. The number of aryl methyl sites for hydroxylation is 1. The molecule has 1 aliphatic heterocycles. The molecule has 1 fully saturated rings. The minimum Gasteiger partial charge on any atom is -0.424 e. The second kappa shape index (κ2) is 6.12. The first kappa shape index (κ1) is 14.0. The Hall–Kier alpha value is -1.47. The van der Waals surface area contributed by atoms with E-state index in [1.54, 1.807) is 4.90 Å². The summed E-state index contributed by atoms with van der Waals surface area (Å²) in [6.07, 6.45) is -0.182. The van der Waals surface area contributed by atoms with Crippen molar-refractivity contribution in [2.45, 2.75) is 32.9 Å². The topological polar surface area (TPSA) is 82.7 Å². The van der Waals surface area contributed by atoms with Crippen molar-refractivity contribution in [3.05, 3.63) is 11.8 Å². The van der Waals surface area contributed by atoms with Crippen molar-refractivity contribution in [3.63, 3.8) is 0 Å². The van der Waals surface area contributed by atoms with Gasteiger partial charge in [-0.2, -0.15) is 0 Å². The third-order valence-electron chi connectivity index (χ3n) is 3.21. The summed E-state index contributed by atoms with van der Waals surface area (Å²) in [5.41, 5.74) is 0. The van der Waals surface area contributed by atoms with Crippen LogP contribution in [0.15, 0.2) is 4.42 Å². The molecule has 1 saturated heterocycles. The fourth-order valence-electron chi connectivity index (χ4n) is 2.08. The van der Waals surface area contributed by atoms with Gasteiger partial charge in [0.1, 0.15) is 6.10 Å². The number of aliphatic hydroxyl groups is 1. The van der Waals surface area contributed by atoms with Crippen molar-refractivity contribution >= 4 is 5.91 Å². The van der Waals surface area contributed by atoms with E-state index in [1.807, 2.05) is 6.92 Å². The number of hydrogen-bond acceptors (Lipinski definition) is 6. The second-order valence-corrected chi connectivity index (χ2v) is 4.72. The highest BCUT2D eigenvalue weighted by atomic mass is 16.4. The van der Waals surface area contributed by atoms with E-state index in [0.29, 0.717) is 31.4 Å². The van der Waals surface area contributed by atoms with E-state index in [0.717, 1.165) is 19.5 Å². The van der Waals surface area contributed by atoms with Gasteiger partial charge in [-0.3, -0.25) is 9.69 Å². The Morgan fingerprint density at radius 3 is 2.47 bits per heavy atom. The molecule has 0 saturated carbocycles. The molecule has 2 heterocycles. The Bertz CT molecular complexity index is 424. The van der Waals surface area contributed by atoms with Crippen LogP contribution in [0.3, 0.4) is 0 Å². The standard InChI is InChI=1S/C12H20N4O3/c1-3-10-13-14-11(19-10)8-15-4-6-16(7-5-15)12(18)9(2)17/h9,17H,3-8H2,1-2H3. The predicted molar refractivity (Wildman–Crippen MR) is 67.2 cm³/mol. The molecule has 0 bridgehead atoms. The van der Waals surface area contributed by atoms with Gasteiger partial charge in [0.2, 0.25) is 11.8 Å². The number of rotatable bonds is 4. The van der Waals surface area contributed by atoms with Crippen molar-refractivity contribution in [1.29, 1.82) is 0 Å². The van der Waals surface area contributed by atoms with E-state index in [2.05, 4.69) is 15.1 Å². The summed E-state index contributed by atoms with van der Waals surface area (Å²) >= 11 is 0. The summed E-state index contributed by atoms with van der Waals surface area (Å²) in [7, 11) is 0. The molecule has 1 aliphatic rings. The minimum absolute atomic E-state index is 0.203. The van der Waals surface area contributed by atoms with Crippen LogP contribution in [0.5, 0.6) is 0 Å². The number of aromatic nitrogens is 2. The molecular formula is C12H20N4O3. The molecule has 7 nitrogen and oxygen atoms in total. The first-order valence-electron chi connectivity index (χ1n) is 6.60. The number of aliphatic hydroxyl groups excluding tert-OH is 1. The summed E-state index contributed by atoms with van der Waals surface area (Å²) in [4.78, 5) is 15.5. The maximum atomic E-state index is 11.6. The Morgan fingerprint density at radius 1 is 1.32 bits per heavy atom. The Kier molecular flexibility index (Phi) is 4.49. The molecular weight excluding hydrogens is 248 g/mol. The van der Waals surface area contributed by atoms with Gasteiger partial charge >= 0.3 is 0 Å². The summed E-state index contributed by atoms with van der Waals surface area (Å²) in [6, 6.07) is 0. The highest BCUT2D eigenvalue weighted by Crippen LogP contribution is 2.09. The van der Waals surface area contributed by atoms with Gasteiger partial charge in [0.25, 0.3) is 5.91 Å². The number of amides is 1. The van der Waals surface area contributed by atoms with Crippen LogP contribution in [0.1, 0.15) is 25.6 Å². The summed E-state index contributed by atoms with van der Waals surface area (Å²) in [6.45, 7) is 6.84. The maximum Gasteiger partial charge on any atom is 0.251 e. The third kappa shape index (κ3) is 3.51. The van der Waals surface area contributed by atoms with Crippen molar-refractivity contribution in [2.75, 3.05) is 26.2 Å². The predicted octanol–water partition coefficient (Wildman–Crippen LogP) is -0.343. The van der Waals surface area contributed by atoms with Gasteiger partial charge in [-0.25, -0.2) is 0 Å². The van der Waals surface area contributed by atoms with Crippen molar-refractivity contribution in [2.24, 2.45) is 0 Å². The number of carbonyl (C=O) groups is 1. The van der Waals surface area contributed by atoms with Gasteiger partial charge in [-0.1, -0.05) is 6.92 Å². The van der Waals surface area contributed by atoms with Gasteiger partial charge in [-0.05, 0) is 6.92 Å². The number of carbonyl (C=O) groups excluding carboxylic acids is 1.